The lowest BCUT2D eigenvalue weighted by Crippen LogP contribution is -2.47. The molecule has 4 aliphatic carbocycles. The molecule has 27 heavy (non-hydrogen) atoms. The number of nitrogens with zero attached hydrogens (tertiary/aromatic N) is 2. The van der Waals surface area contributed by atoms with Crippen molar-refractivity contribution in [2.45, 2.75) is 44.9 Å². The van der Waals surface area contributed by atoms with Gasteiger partial charge in [0.25, 0.3) is 5.69 Å². The number of nitrogens with one attached hydrogen (secondary N) is 1. The van der Waals surface area contributed by atoms with Crippen LogP contribution in [0, 0.1) is 33.3 Å². The topological polar surface area (TPSA) is 105 Å². The SMILES string of the molecule is O=C(N/N=C\c1cc([N+](=O)[O-])cc(Br)c1O)C12CC3C[C@@H](CC[C@H](C3)C1)C2. The molecule has 0 unspecified atom stereocenters. The normalized spacial score (nSPS) is 31.8. The first-order valence-electron chi connectivity index (χ1n) is 9.37. The van der Waals surface area contributed by atoms with Gasteiger partial charge in [-0.25, -0.2) is 5.43 Å². The second-order valence-electron chi connectivity index (χ2n) is 8.36. The maximum absolute atomic E-state index is 13.0. The molecule has 0 spiro atoms. The number of phenolic OH excluding ortho intramolecular Hbond substituents is 1. The van der Waals surface area contributed by atoms with Crippen LogP contribution >= 0.6 is 15.9 Å². The van der Waals surface area contributed by atoms with Crippen LogP contribution in [0.25, 0.3) is 0 Å². The van der Waals surface area contributed by atoms with Crippen LogP contribution in [0.4, 0.5) is 5.69 Å². The van der Waals surface area contributed by atoms with Gasteiger partial charge in [-0.15, -0.1) is 0 Å². The molecule has 4 aliphatic rings. The summed E-state index contributed by atoms with van der Waals surface area (Å²) in [5, 5.41) is 25.0. The van der Waals surface area contributed by atoms with Crippen LogP contribution in [-0.2, 0) is 4.79 Å². The van der Waals surface area contributed by atoms with Gasteiger partial charge in [0.2, 0.25) is 5.91 Å². The smallest absolute Gasteiger partial charge is 0.271 e. The molecule has 2 N–H and O–H groups in total. The molecule has 4 bridgehead atoms. The number of benzene rings is 1. The fraction of sp³-hybridized carbons (Fsp3) is 0.579. The van der Waals surface area contributed by atoms with Crippen LogP contribution in [0.5, 0.6) is 5.75 Å². The van der Waals surface area contributed by atoms with Gasteiger partial charge in [-0.3, -0.25) is 14.9 Å². The van der Waals surface area contributed by atoms with Gasteiger partial charge in [-0.05, 0) is 65.8 Å². The number of carbonyl (C=O) groups excluding carboxylic acids is 1. The number of nitro groups is 1. The van der Waals surface area contributed by atoms with Crippen molar-refractivity contribution >= 4 is 33.7 Å². The average Bonchev–Trinajstić information content (AvgIpc) is 2.83. The molecule has 0 aromatic heterocycles. The standard InChI is InChI=1S/C19H22BrN3O4/c20-16-6-15(23(26)27)5-14(17(16)24)10-21-22-18(25)19-7-11-1-2-12(8-19)4-13(3-11)9-19/h5-6,10-13,24H,1-4,7-9H2,(H,22,25)/b21-10-/t11-,12-,13?,19?/m1/s1. The van der Waals surface area contributed by atoms with Gasteiger partial charge in [0, 0.05) is 17.7 Å². The minimum atomic E-state index is -0.543. The fourth-order valence-electron chi connectivity index (χ4n) is 5.56. The van der Waals surface area contributed by atoms with E-state index in [1.54, 1.807) is 0 Å². The van der Waals surface area contributed by atoms with Crippen molar-refractivity contribution in [2.24, 2.45) is 28.3 Å². The van der Waals surface area contributed by atoms with Crippen molar-refractivity contribution in [3.63, 3.8) is 0 Å². The zero-order valence-corrected chi connectivity index (χ0v) is 16.4. The number of rotatable bonds is 4. The van der Waals surface area contributed by atoms with Crippen molar-refractivity contribution < 1.29 is 14.8 Å². The predicted octanol–water partition coefficient (Wildman–Crippen LogP) is 4.12. The molecule has 8 heteroatoms. The molecular formula is C19H22BrN3O4. The Kier molecular flexibility index (Phi) is 4.70. The number of hydrogen-bond acceptors (Lipinski definition) is 5. The Morgan fingerprint density at radius 1 is 1.26 bits per heavy atom. The first-order valence-corrected chi connectivity index (χ1v) is 10.2. The predicted molar refractivity (Wildman–Crippen MR) is 103 cm³/mol. The summed E-state index contributed by atoms with van der Waals surface area (Å²) in [7, 11) is 0. The molecule has 7 nitrogen and oxygen atoms in total. The Hall–Kier alpha value is -1.96. The number of fused-ring (bicyclic) bond motifs is 1. The third-order valence-electron chi connectivity index (χ3n) is 6.49. The van der Waals surface area contributed by atoms with Gasteiger partial charge in [-0.2, -0.15) is 5.10 Å². The molecule has 4 saturated carbocycles. The highest BCUT2D eigenvalue weighted by Crippen LogP contribution is 2.57. The third-order valence-corrected chi connectivity index (χ3v) is 7.10. The molecule has 0 saturated heterocycles. The number of hydrogen-bond donors (Lipinski definition) is 2. The van der Waals surface area contributed by atoms with E-state index in [4.69, 9.17) is 0 Å². The maximum atomic E-state index is 13.0. The van der Waals surface area contributed by atoms with E-state index < -0.39 is 4.92 Å². The van der Waals surface area contributed by atoms with E-state index >= 15 is 0 Å². The molecular weight excluding hydrogens is 414 g/mol. The Morgan fingerprint density at radius 3 is 2.52 bits per heavy atom. The van der Waals surface area contributed by atoms with E-state index in [0.29, 0.717) is 17.8 Å². The minimum absolute atomic E-state index is 0.0518. The zero-order chi connectivity index (χ0) is 19.2. The zero-order valence-electron chi connectivity index (χ0n) is 14.9. The lowest BCUT2D eigenvalue weighted by atomic mass is 9.58. The molecule has 0 aliphatic heterocycles. The minimum Gasteiger partial charge on any atom is -0.506 e. The van der Waals surface area contributed by atoms with Crippen LogP contribution in [-0.4, -0.2) is 22.2 Å². The third kappa shape index (κ3) is 3.47. The van der Waals surface area contributed by atoms with Crippen LogP contribution in [0.15, 0.2) is 21.7 Å². The lowest BCUT2D eigenvalue weighted by molar-refractivity contribution is -0.385. The molecule has 5 rings (SSSR count). The van der Waals surface area contributed by atoms with E-state index in [2.05, 4.69) is 26.5 Å². The molecule has 1 aromatic carbocycles. The summed E-state index contributed by atoms with van der Waals surface area (Å²) in [6.45, 7) is 0. The van der Waals surface area contributed by atoms with Gasteiger partial charge in [0.15, 0.2) is 0 Å². The van der Waals surface area contributed by atoms with Crippen molar-refractivity contribution in [2.75, 3.05) is 0 Å². The van der Waals surface area contributed by atoms with E-state index in [1.807, 2.05) is 0 Å². The second kappa shape index (κ2) is 6.89. The van der Waals surface area contributed by atoms with Gasteiger partial charge in [0.1, 0.15) is 5.75 Å². The average molecular weight is 436 g/mol. The van der Waals surface area contributed by atoms with E-state index in [1.165, 1.54) is 44.0 Å². The van der Waals surface area contributed by atoms with Crippen molar-refractivity contribution in [1.29, 1.82) is 0 Å². The van der Waals surface area contributed by atoms with Crippen LogP contribution in [0.2, 0.25) is 0 Å². The second-order valence-corrected chi connectivity index (χ2v) is 9.22. The number of carbonyl (C=O) groups is 1. The Balaban J connectivity index is 1.51. The molecule has 4 fully saturated rings. The lowest BCUT2D eigenvalue weighted by Gasteiger charge is -2.46. The first-order chi connectivity index (χ1) is 12.9. The van der Waals surface area contributed by atoms with Gasteiger partial charge in [0.05, 0.1) is 21.0 Å². The highest BCUT2D eigenvalue weighted by Gasteiger charge is 2.52. The summed E-state index contributed by atoms with van der Waals surface area (Å²) in [5.74, 6) is 1.73. The molecule has 1 amide bonds. The quantitative estimate of drug-likeness (QED) is 0.421. The molecule has 144 valence electrons. The number of non-ortho nitro benzene ring substituents is 1. The molecule has 0 radical (unpaired) electrons. The Labute approximate surface area is 165 Å². The van der Waals surface area contributed by atoms with Crippen molar-refractivity contribution in [1.82, 2.24) is 5.43 Å². The summed E-state index contributed by atoms with van der Waals surface area (Å²) >= 11 is 3.10. The highest BCUT2D eigenvalue weighted by atomic mass is 79.9. The van der Waals surface area contributed by atoms with Gasteiger partial charge in [-0.1, -0.05) is 12.8 Å². The Morgan fingerprint density at radius 2 is 1.89 bits per heavy atom. The number of phenols is 1. The largest absolute Gasteiger partial charge is 0.506 e. The van der Waals surface area contributed by atoms with Crippen molar-refractivity contribution in [3.8, 4) is 5.75 Å². The number of nitro benzene ring substituents is 1. The van der Waals surface area contributed by atoms with Crippen LogP contribution in [0.3, 0.4) is 0 Å². The summed E-state index contributed by atoms with van der Waals surface area (Å²) in [4.78, 5) is 23.4. The highest BCUT2D eigenvalue weighted by molar-refractivity contribution is 9.10. The summed E-state index contributed by atoms with van der Waals surface area (Å²) in [6.07, 6.45) is 9.05. The summed E-state index contributed by atoms with van der Waals surface area (Å²) in [6, 6.07) is 2.45. The first kappa shape index (κ1) is 18.4. The number of hydrazone groups is 1. The monoisotopic (exact) mass is 435 g/mol. The van der Waals surface area contributed by atoms with Crippen LogP contribution in [0.1, 0.15) is 50.5 Å². The van der Waals surface area contributed by atoms with E-state index in [0.717, 1.165) is 19.3 Å². The summed E-state index contributed by atoms with van der Waals surface area (Å²) in [5.41, 5.74) is 2.34. The molecule has 2 atom stereocenters. The molecule has 0 heterocycles. The summed E-state index contributed by atoms with van der Waals surface area (Å²) < 4.78 is 0.210. The van der Waals surface area contributed by atoms with E-state index in [9.17, 15) is 20.0 Å². The van der Waals surface area contributed by atoms with Crippen molar-refractivity contribution in [3.05, 3.63) is 32.3 Å². The molecule has 1 aromatic rings. The Bertz CT molecular complexity index is 809. The maximum Gasteiger partial charge on any atom is 0.271 e. The number of aromatic hydroxyl groups is 1. The fourth-order valence-corrected chi connectivity index (χ4v) is 6.02. The number of amides is 1. The number of halogens is 1. The van der Waals surface area contributed by atoms with Crippen LogP contribution < -0.4 is 5.43 Å². The van der Waals surface area contributed by atoms with Gasteiger partial charge < -0.3 is 5.11 Å². The van der Waals surface area contributed by atoms with E-state index in [-0.39, 0.29) is 32.8 Å². The van der Waals surface area contributed by atoms with Gasteiger partial charge >= 0.3 is 0 Å².